The first kappa shape index (κ1) is 23.2. The third-order valence-electron chi connectivity index (χ3n) is 5.68. The van der Waals surface area contributed by atoms with Crippen molar-refractivity contribution >= 4 is 28.9 Å². The molecule has 0 aromatic heterocycles. The van der Waals surface area contributed by atoms with E-state index in [2.05, 4.69) is 5.32 Å². The van der Waals surface area contributed by atoms with Crippen molar-refractivity contribution in [2.45, 2.75) is 18.6 Å². The third kappa shape index (κ3) is 5.31. The number of benzene rings is 3. The Labute approximate surface area is 194 Å². The molecule has 0 radical (unpaired) electrons. The van der Waals surface area contributed by atoms with Crippen molar-refractivity contribution in [3.8, 4) is 11.1 Å². The van der Waals surface area contributed by atoms with Gasteiger partial charge in [0, 0.05) is 30.4 Å². The Balaban J connectivity index is 1.40. The molecule has 1 aliphatic rings. The molecule has 4 N–H and O–H groups in total. The van der Waals surface area contributed by atoms with Crippen LogP contribution in [0.5, 0.6) is 0 Å². The summed E-state index contributed by atoms with van der Waals surface area (Å²) in [5, 5.41) is 4.85. The lowest BCUT2D eigenvalue weighted by atomic mass is 10.0. The second-order valence-corrected chi connectivity index (χ2v) is 8.07. The van der Waals surface area contributed by atoms with Crippen molar-refractivity contribution in [1.29, 1.82) is 0 Å². The second kappa shape index (κ2) is 9.46. The number of nitrogens with zero attached hydrogens (tertiary/aromatic N) is 1. The van der Waals surface area contributed by atoms with Gasteiger partial charge in [-0.1, -0.05) is 36.4 Å². The summed E-state index contributed by atoms with van der Waals surface area (Å²) in [7, 11) is 0. The monoisotopic (exact) mass is 468 g/mol. The topological polar surface area (TPSA) is 87.5 Å². The van der Waals surface area contributed by atoms with Gasteiger partial charge in [0.1, 0.15) is 0 Å². The first-order chi connectivity index (χ1) is 16.2. The van der Waals surface area contributed by atoms with Crippen molar-refractivity contribution in [1.82, 2.24) is 5.32 Å². The van der Waals surface area contributed by atoms with Crippen LogP contribution < -0.4 is 21.3 Å². The number of amides is 2. The number of carbonyl (C=O) groups is 2. The molecule has 2 amide bonds. The van der Waals surface area contributed by atoms with Crippen LogP contribution in [-0.4, -0.2) is 37.1 Å². The molecule has 4 rings (SSSR count). The van der Waals surface area contributed by atoms with E-state index in [1.165, 1.54) is 0 Å². The summed E-state index contributed by atoms with van der Waals surface area (Å²) >= 11 is 0. The van der Waals surface area contributed by atoms with Crippen molar-refractivity contribution in [3.63, 3.8) is 0 Å². The molecule has 3 aromatic rings. The molecule has 0 saturated carbocycles. The Bertz CT molecular complexity index is 1180. The molecular weight excluding hydrogens is 445 g/mol. The Morgan fingerprint density at radius 3 is 2.32 bits per heavy atom. The Morgan fingerprint density at radius 2 is 1.65 bits per heavy atom. The van der Waals surface area contributed by atoms with E-state index in [1.54, 1.807) is 30.3 Å². The first-order valence-electron chi connectivity index (χ1n) is 10.7. The largest absolute Gasteiger partial charge is 0.471 e. The summed E-state index contributed by atoms with van der Waals surface area (Å²) in [4.78, 5) is 25.8. The predicted molar refractivity (Wildman–Crippen MR) is 126 cm³/mol. The van der Waals surface area contributed by atoms with Gasteiger partial charge in [-0.25, -0.2) is 0 Å². The quantitative estimate of drug-likeness (QED) is 0.483. The molecule has 0 aliphatic carbocycles. The van der Waals surface area contributed by atoms with Crippen molar-refractivity contribution in [2.75, 3.05) is 29.0 Å². The van der Waals surface area contributed by atoms with Crippen LogP contribution in [0.4, 0.5) is 30.2 Å². The molecule has 1 heterocycles. The van der Waals surface area contributed by atoms with Gasteiger partial charge >= 0.3 is 12.1 Å². The smallest absolute Gasteiger partial charge is 0.397 e. The van der Waals surface area contributed by atoms with Gasteiger partial charge in [0.05, 0.1) is 11.4 Å². The molecule has 176 valence electrons. The molecule has 1 unspecified atom stereocenters. The van der Waals surface area contributed by atoms with Crippen LogP contribution in [0.1, 0.15) is 16.8 Å². The van der Waals surface area contributed by atoms with Gasteiger partial charge in [-0.15, -0.1) is 0 Å². The van der Waals surface area contributed by atoms with Gasteiger partial charge in [-0.3, -0.25) is 9.59 Å². The van der Waals surface area contributed by atoms with Crippen LogP contribution in [0.15, 0.2) is 72.8 Å². The van der Waals surface area contributed by atoms with Crippen LogP contribution in [0.25, 0.3) is 11.1 Å². The van der Waals surface area contributed by atoms with Gasteiger partial charge < -0.3 is 21.3 Å². The highest BCUT2D eigenvalue weighted by atomic mass is 19.4. The van der Waals surface area contributed by atoms with Crippen LogP contribution >= 0.6 is 0 Å². The van der Waals surface area contributed by atoms with E-state index >= 15 is 0 Å². The first-order valence-corrected chi connectivity index (χ1v) is 10.7. The van der Waals surface area contributed by atoms with Crippen molar-refractivity contribution in [3.05, 3.63) is 78.4 Å². The van der Waals surface area contributed by atoms with Gasteiger partial charge in [-0.05, 0) is 53.9 Å². The van der Waals surface area contributed by atoms with Crippen molar-refractivity contribution < 1.29 is 22.8 Å². The molecule has 6 nitrogen and oxygen atoms in total. The van der Waals surface area contributed by atoms with Gasteiger partial charge in [0.2, 0.25) is 0 Å². The maximum absolute atomic E-state index is 12.8. The van der Waals surface area contributed by atoms with E-state index in [9.17, 15) is 22.8 Å². The van der Waals surface area contributed by atoms with Crippen molar-refractivity contribution in [2.24, 2.45) is 0 Å². The standard InChI is InChI=1S/C25H23F3N4O2/c26-25(27,28)24(34)30-19-12-13-32(15-19)20-9-6-17(7-10-20)23(33)31-22-14-18(8-11-21(22)29)16-4-2-1-3-5-16/h1-11,14,19H,12-13,15,29H2,(H,30,34)(H,31,33). The fourth-order valence-electron chi connectivity index (χ4n) is 3.87. The normalized spacial score (nSPS) is 15.7. The molecule has 3 aromatic carbocycles. The number of alkyl halides is 3. The zero-order valence-corrected chi connectivity index (χ0v) is 18.1. The van der Waals surface area contributed by atoms with Gasteiger partial charge in [0.25, 0.3) is 5.91 Å². The molecule has 0 bridgehead atoms. The second-order valence-electron chi connectivity index (χ2n) is 8.07. The lowest BCUT2D eigenvalue weighted by Gasteiger charge is -2.20. The van der Waals surface area contributed by atoms with E-state index in [1.807, 2.05) is 52.7 Å². The zero-order chi connectivity index (χ0) is 24.3. The van der Waals surface area contributed by atoms with E-state index in [4.69, 9.17) is 5.73 Å². The lowest BCUT2D eigenvalue weighted by molar-refractivity contribution is -0.174. The number of halogens is 3. The number of nitrogens with one attached hydrogen (secondary N) is 2. The number of carbonyl (C=O) groups excluding carboxylic acids is 2. The molecular formula is C25H23F3N4O2. The van der Waals surface area contributed by atoms with Gasteiger partial charge in [0.15, 0.2) is 0 Å². The highest BCUT2D eigenvalue weighted by Gasteiger charge is 2.40. The SMILES string of the molecule is Nc1ccc(-c2ccccc2)cc1NC(=O)c1ccc(N2CCC(NC(=O)C(F)(F)F)C2)cc1. The lowest BCUT2D eigenvalue weighted by Crippen LogP contribution is -2.44. The number of nitrogen functional groups attached to an aromatic ring is 1. The molecule has 1 saturated heterocycles. The number of nitrogens with two attached hydrogens (primary N) is 1. The summed E-state index contributed by atoms with van der Waals surface area (Å²) in [5.74, 6) is -2.26. The molecule has 1 aliphatic heterocycles. The predicted octanol–water partition coefficient (Wildman–Crippen LogP) is 4.45. The molecule has 9 heteroatoms. The number of hydrogen-bond acceptors (Lipinski definition) is 4. The molecule has 1 fully saturated rings. The minimum atomic E-state index is -4.90. The summed E-state index contributed by atoms with van der Waals surface area (Å²) in [6.07, 6.45) is -4.49. The summed E-state index contributed by atoms with van der Waals surface area (Å²) < 4.78 is 37.4. The average molecular weight is 468 g/mol. The molecule has 0 spiro atoms. The number of hydrogen-bond donors (Lipinski definition) is 3. The Kier molecular flexibility index (Phi) is 6.45. The minimum Gasteiger partial charge on any atom is -0.397 e. The highest BCUT2D eigenvalue weighted by molar-refractivity contribution is 6.06. The van der Waals surface area contributed by atoms with E-state index < -0.39 is 18.1 Å². The highest BCUT2D eigenvalue weighted by Crippen LogP contribution is 2.28. The van der Waals surface area contributed by atoms with E-state index in [0.29, 0.717) is 29.9 Å². The maximum atomic E-state index is 12.8. The minimum absolute atomic E-state index is 0.260. The van der Waals surface area contributed by atoms with E-state index in [-0.39, 0.29) is 12.5 Å². The third-order valence-corrected chi connectivity index (χ3v) is 5.68. The summed E-state index contributed by atoms with van der Waals surface area (Å²) in [6, 6.07) is 21.3. The molecule has 1 atom stereocenters. The van der Waals surface area contributed by atoms with Gasteiger partial charge in [-0.2, -0.15) is 13.2 Å². The summed E-state index contributed by atoms with van der Waals surface area (Å²) in [6.45, 7) is 0.757. The van der Waals surface area contributed by atoms with Crippen LogP contribution in [-0.2, 0) is 4.79 Å². The zero-order valence-electron chi connectivity index (χ0n) is 18.1. The number of anilines is 3. The van der Waals surface area contributed by atoms with Crippen LogP contribution in [0, 0.1) is 0 Å². The maximum Gasteiger partial charge on any atom is 0.471 e. The summed E-state index contributed by atoms with van der Waals surface area (Å²) in [5.41, 5.74) is 10.1. The van der Waals surface area contributed by atoms with E-state index in [0.717, 1.165) is 16.8 Å². The van der Waals surface area contributed by atoms with Crippen LogP contribution in [0.3, 0.4) is 0 Å². The van der Waals surface area contributed by atoms with Crippen LogP contribution in [0.2, 0.25) is 0 Å². The fourth-order valence-corrected chi connectivity index (χ4v) is 3.87. The fraction of sp³-hybridized carbons (Fsp3) is 0.200. The molecule has 34 heavy (non-hydrogen) atoms. The average Bonchev–Trinajstić information content (AvgIpc) is 3.29. The number of rotatable bonds is 5. The Morgan fingerprint density at radius 1 is 0.941 bits per heavy atom. The Hall–Kier alpha value is -4.01.